The van der Waals surface area contributed by atoms with Crippen LogP contribution in [0.4, 0.5) is 4.79 Å². The molecule has 5 aliphatic heterocycles. The Morgan fingerprint density at radius 1 is 1.08 bits per heavy atom. The third kappa shape index (κ3) is 10.1. The van der Waals surface area contributed by atoms with Gasteiger partial charge in [-0.05, 0) is 76.1 Å². The van der Waals surface area contributed by atoms with Crippen molar-refractivity contribution in [3.05, 3.63) is 57.7 Å². The molecule has 19 heteroatoms. The predicted molar refractivity (Wildman–Crippen MR) is 269 cm³/mol. The average molecular weight is 1010 g/mol. The zero-order valence-electron chi connectivity index (χ0n) is 42.2. The van der Waals surface area contributed by atoms with Gasteiger partial charge in [-0.3, -0.25) is 24.5 Å². The lowest BCUT2D eigenvalue weighted by molar-refractivity contribution is -0.172. The number of nitrogens with zero attached hydrogens (tertiary/aromatic N) is 5. The normalized spacial score (nSPS) is 26.4. The summed E-state index contributed by atoms with van der Waals surface area (Å²) in [6.45, 7) is 14.7. The highest BCUT2D eigenvalue weighted by Gasteiger charge is 2.54. The number of benzene rings is 1. The van der Waals surface area contributed by atoms with E-state index >= 15 is 4.79 Å². The van der Waals surface area contributed by atoms with E-state index in [9.17, 15) is 14.7 Å². The second-order valence-electron chi connectivity index (χ2n) is 21.4. The molecule has 0 radical (unpaired) electrons. The summed E-state index contributed by atoms with van der Waals surface area (Å²) < 4.78 is 39.2. The molecule has 4 saturated heterocycles. The summed E-state index contributed by atoms with van der Waals surface area (Å²) in [7, 11) is 1.71. The molecule has 5 fully saturated rings. The zero-order valence-corrected chi connectivity index (χ0v) is 43.0. The van der Waals surface area contributed by atoms with Crippen molar-refractivity contribution in [2.75, 3.05) is 79.5 Å². The highest BCUT2D eigenvalue weighted by Crippen LogP contribution is 2.57. The lowest BCUT2D eigenvalue weighted by Gasteiger charge is -2.53. The summed E-state index contributed by atoms with van der Waals surface area (Å²) >= 11 is 1.44. The fraction of sp³-hybridized carbons (Fsp3) is 0.604. The third-order valence-corrected chi connectivity index (χ3v) is 15.8. The summed E-state index contributed by atoms with van der Waals surface area (Å²) in [6.07, 6.45) is 3.49. The first-order valence-corrected chi connectivity index (χ1v) is 26.3. The van der Waals surface area contributed by atoms with E-state index in [4.69, 9.17) is 38.4 Å². The second kappa shape index (κ2) is 21.1. The van der Waals surface area contributed by atoms with E-state index in [1.54, 1.807) is 39.1 Å². The van der Waals surface area contributed by atoms with E-state index < -0.39 is 47.3 Å². The largest absolute Gasteiger partial charge is 0.464 e. The number of hydrogen-bond donors (Lipinski definition) is 4. The van der Waals surface area contributed by atoms with Gasteiger partial charge in [0.15, 0.2) is 0 Å². The highest BCUT2D eigenvalue weighted by atomic mass is 32.1. The maximum absolute atomic E-state index is 15.3. The number of morpholine rings is 1. The van der Waals surface area contributed by atoms with Crippen molar-refractivity contribution in [3.63, 3.8) is 0 Å². The third-order valence-electron chi connectivity index (χ3n) is 14.9. The zero-order chi connectivity index (χ0) is 50.3. The number of fused-ring (bicyclic) bond motifs is 6. The standard InChI is InChI=1S/C53H68N8O10S/c1-52(2,3)71-51(65)57-44-46(59-15-21-68-22-16-59)48-56-38(29-72-48)32-9-10-39-36(27-32)40-41(53(4,5)30-70-50(64)42-33-25-34(26-33)61(58-42)49(44)63)47(66-6)43-37(24-31(28-55-43)8-7-13-54-14-18-62)45(40)60(39)17-23-69-35-11-19-67-20-12-35/h9-10,24,27-29,33-35,41-42,44,46-47,54,58,62H,11-23,25-26,30H2,1-6H3,(H,57,65)/t33?,34?,41?,42-,44-,46-,47-/m0/s1. The minimum Gasteiger partial charge on any atom is -0.464 e. The van der Waals surface area contributed by atoms with E-state index in [0.717, 1.165) is 63.1 Å². The van der Waals surface area contributed by atoms with E-state index in [-0.39, 0.29) is 43.1 Å². The van der Waals surface area contributed by atoms with Crippen LogP contribution >= 0.6 is 11.3 Å². The van der Waals surface area contributed by atoms with Gasteiger partial charge in [0, 0.05) is 103 Å². The van der Waals surface area contributed by atoms with Gasteiger partial charge >= 0.3 is 12.1 Å². The summed E-state index contributed by atoms with van der Waals surface area (Å²) in [5.74, 6) is 5.22. The van der Waals surface area contributed by atoms with Gasteiger partial charge in [-0.15, -0.1) is 11.3 Å². The number of nitrogens with one attached hydrogen (secondary N) is 3. The van der Waals surface area contributed by atoms with Crippen molar-refractivity contribution in [2.24, 2.45) is 11.3 Å². The van der Waals surface area contributed by atoms with Crippen LogP contribution in [0.25, 0.3) is 33.4 Å². The number of esters is 1. The number of aliphatic hydroxyl groups excluding tert-OH is 1. The first-order valence-electron chi connectivity index (χ1n) is 25.4. The molecule has 11 rings (SSSR count). The van der Waals surface area contributed by atoms with Gasteiger partial charge in [-0.2, -0.15) is 0 Å². The number of thiazole rings is 1. The van der Waals surface area contributed by atoms with Crippen molar-refractivity contribution >= 4 is 40.2 Å². The molecule has 2 amide bonds. The maximum atomic E-state index is 15.3. The Morgan fingerprint density at radius 3 is 2.61 bits per heavy atom. The fourth-order valence-corrected chi connectivity index (χ4v) is 12.4. The van der Waals surface area contributed by atoms with Crippen molar-refractivity contribution in [2.45, 2.75) is 115 Å². The molecule has 7 aliphatic rings. The molecule has 8 bridgehead atoms. The van der Waals surface area contributed by atoms with Gasteiger partial charge in [0.1, 0.15) is 28.8 Å². The minimum absolute atomic E-state index is 0.0227. The number of hydrogen-bond acceptors (Lipinski definition) is 16. The molecule has 386 valence electrons. The molecule has 2 aliphatic carbocycles. The SMILES string of the molecule is CO[C@@H]1c2ncc(C#CCNCCO)cc2-c2c3c4cc(ccc4n2CCOC2CCOCC2)-c2csc(n2)[C@@H](N2CCOCC2)[C@H](NC(=O)OC(C)(C)C)C(=O)N2N[C@H](C(=O)OCC(C)(C)C31)C1CC2C1. The van der Waals surface area contributed by atoms with E-state index in [1.807, 2.05) is 5.38 Å². The number of rotatable bonds is 10. The van der Waals surface area contributed by atoms with Crippen LogP contribution in [0, 0.1) is 23.2 Å². The Morgan fingerprint density at radius 2 is 1.86 bits per heavy atom. The first-order chi connectivity index (χ1) is 34.7. The quantitative estimate of drug-likeness (QED) is 0.0931. The second-order valence-corrected chi connectivity index (χ2v) is 22.3. The number of ether oxygens (including phenoxy) is 6. The van der Waals surface area contributed by atoms with Gasteiger partial charge in [-0.25, -0.2) is 15.2 Å². The summed E-state index contributed by atoms with van der Waals surface area (Å²) in [5, 5.41) is 20.7. The minimum atomic E-state index is -1.14. The summed E-state index contributed by atoms with van der Waals surface area (Å²) in [5.41, 5.74) is 8.70. The maximum Gasteiger partial charge on any atom is 0.408 e. The van der Waals surface area contributed by atoms with E-state index in [2.05, 4.69) is 75.5 Å². The van der Waals surface area contributed by atoms with Crippen molar-refractivity contribution < 1.29 is 47.9 Å². The number of methoxy groups -OCH3 is 1. The smallest absolute Gasteiger partial charge is 0.408 e. The molecule has 5 atom stereocenters. The van der Waals surface area contributed by atoms with Crippen LogP contribution in [0.5, 0.6) is 0 Å². The molecule has 3 aromatic heterocycles. The topological polar surface area (TPSA) is 200 Å². The van der Waals surface area contributed by atoms with Crippen LogP contribution in [0.1, 0.15) is 100 Å². The van der Waals surface area contributed by atoms with Crippen molar-refractivity contribution in [1.29, 1.82) is 0 Å². The molecular formula is C53H68N8O10S. The van der Waals surface area contributed by atoms with Gasteiger partial charge in [0.05, 0.1) is 68.8 Å². The molecule has 8 heterocycles. The van der Waals surface area contributed by atoms with E-state index in [0.29, 0.717) is 83.6 Å². The lowest BCUT2D eigenvalue weighted by Crippen LogP contribution is -2.72. The summed E-state index contributed by atoms with van der Waals surface area (Å²) in [6, 6.07) is 5.69. The number of aliphatic hydroxyl groups is 1. The number of hydrazine groups is 1. The number of aromatic nitrogens is 3. The monoisotopic (exact) mass is 1010 g/mol. The van der Waals surface area contributed by atoms with Crippen LogP contribution < -0.4 is 16.1 Å². The molecule has 1 aromatic carbocycles. The molecule has 18 nitrogen and oxygen atoms in total. The highest BCUT2D eigenvalue weighted by molar-refractivity contribution is 7.10. The van der Waals surface area contributed by atoms with E-state index in [1.165, 1.54) is 11.3 Å². The van der Waals surface area contributed by atoms with Gasteiger partial charge < -0.3 is 48.7 Å². The van der Waals surface area contributed by atoms with Crippen LogP contribution in [0.15, 0.2) is 35.8 Å². The molecule has 0 spiro atoms. The predicted octanol–water partition coefficient (Wildman–Crippen LogP) is 5.08. The molecule has 1 saturated carbocycles. The van der Waals surface area contributed by atoms with Gasteiger partial charge in [-0.1, -0.05) is 31.8 Å². The Hall–Kier alpha value is -5.01. The van der Waals surface area contributed by atoms with Gasteiger partial charge in [0.2, 0.25) is 0 Å². The molecule has 1 unspecified atom stereocenters. The first kappa shape index (κ1) is 50.5. The Labute approximate surface area is 424 Å². The lowest BCUT2D eigenvalue weighted by atomic mass is 9.67. The molecule has 72 heavy (non-hydrogen) atoms. The number of carbonyl (C=O) groups is 3. The van der Waals surface area contributed by atoms with Gasteiger partial charge in [0.25, 0.3) is 5.91 Å². The van der Waals surface area contributed by atoms with Crippen LogP contribution in [-0.2, 0) is 44.6 Å². The number of alkyl carbamates (subject to hydrolysis) is 1. The van der Waals surface area contributed by atoms with Crippen molar-refractivity contribution in [1.82, 2.24) is 40.5 Å². The Kier molecular flexibility index (Phi) is 14.8. The fourth-order valence-electron chi connectivity index (χ4n) is 11.4. The Balaban J connectivity index is 1.15. The van der Waals surface area contributed by atoms with Crippen LogP contribution in [0.2, 0.25) is 0 Å². The number of amides is 2. The van der Waals surface area contributed by atoms with Crippen molar-refractivity contribution in [3.8, 4) is 34.4 Å². The Bertz CT molecular complexity index is 2710. The summed E-state index contributed by atoms with van der Waals surface area (Å²) in [4.78, 5) is 56.4. The average Bonchev–Trinajstić information content (AvgIpc) is 3.97. The molecular weight excluding hydrogens is 941 g/mol. The number of pyridine rings is 1. The molecule has 4 aromatic rings. The van der Waals surface area contributed by atoms with Crippen LogP contribution in [-0.4, -0.2) is 157 Å². The van der Waals surface area contributed by atoms with Crippen LogP contribution in [0.3, 0.4) is 0 Å². The number of carbonyl (C=O) groups excluding carboxylic acids is 3. The molecule has 4 N–H and O–H groups in total. The number of cyclic esters (lactones) is 1.